The van der Waals surface area contributed by atoms with Crippen molar-refractivity contribution in [2.75, 3.05) is 31.9 Å². The lowest BCUT2D eigenvalue weighted by atomic mass is 10.4. The average molecular weight is 264 g/mol. The van der Waals surface area contributed by atoms with Crippen molar-refractivity contribution in [1.29, 1.82) is 0 Å². The number of likely N-dealkylation sites (N-methyl/N-ethyl adjacent to an activating group) is 1. The lowest BCUT2D eigenvalue weighted by Crippen LogP contribution is -2.34. The minimum absolute atomic E-state index is 0.899. The van der Waals surface area contributed by atoms with Crippen molar-refractivity contribution in [3.63, 3.8) is 0 Å². The van der Waals surface area contributed by atoms with Gasteiger partial charge in [-0.1, -0.05) is 25.1 Å². The molecule has 0 unspecified atom stereocenters. The highest BCUT2D eigenvalue weighted by Gasteiger charge is 2.26. The fourth-order valence-corrected chi connectivity index (χ4v) is 2.98. The summed E-state index contributed by atoms with van der Waals surface area (Å²) in [6.45, 7) is 6.90. The van der Waals surface area contributed by atoms with E-state index in [0.29, 0.717) is 0 Å². The second kappa shape index (κ2) is 7.82. The van der Waals surface area contributed by atoms with E-state index >= 15 is 0 Å². The molecule has 3 heteroatoms. The van der Waals surface area contributed by atoms with Crippen molar-refractivity contribution in [1.82, 2.24) is 10.2 Å². The fraction of sp³-hybridized carbons (Fsp3) is 0.600. The van der Waals surface area contributed by atoms with Crippen LogP contribution in [-0.2, 0) is 0 Å². The third-order valence-corrected chi connectivity index (χ3v) is 4.35. The van der Waals surface area contributed by atoms with Gasteiger partial charge in [0.1, 0.15) is 0 Å². The van der Waals surface area contributed by atoms with Gasteiger partial charge in [-0.25, -0.2) is 0 Å². The number of nitrogens with zero attached hydrogens (tertiary/aromatic N) is 1. The number of hydrogen-bond acceptors (Lipinski definition) is 3. The van der Waals surface area contributed by atoms with Gasteiger partial charge in [0.05, 0.1) is 0 Å². The van der Waals surface area contributed by atoms with Crippen LogP contribution in [-0.4, -0.2) is 42.9 Å². The zero-order valence-electron chi connectivity index (χ0n) is 11.3. The van der Waals surface area contributed by atoms with Crippen LogP contribution in [0.4, 0.5) is 0 Å². The molecule has 18 heavy (non-hydrogen) atoms. The monoisotopic (exact) mass is 264 g/mol. The molecule has 0 aromatic heterocycles. The third-order valence-electron chi connectivity index (χ3n) is 3.34. The molecule has 2 rings (SSSR count). The van der Waals surface area contributed by atoms with Gasteiger partial charge >= 0.3 is 0 Å². The molecular weight excluding hydrogens is 240 g/mol. The van der Waals surface area contributed by atoms with Crippen LogP contribution in [0.1, 0.15) is 19.8 Å². The first-order valence-corrected chi connectivity index (χ1v) is 8.01. The summed E-state index contributed by atoms with van der Waals surface area (Å²) < 4.78 is 0. The number of hydrogen-bond donors (Lipinski definition) is 1. The highest BCUT2D eigenvalue weighted by atomic mass is 32.2. The molecule has 100 valence electrons. The molecule has 0 radical (unpaired) electrons. The maximum atomic E-state index is 3.54. The molecule has 0 amide bonds. The predicted octanol–water partition coefficient (Wildman–Crippen LogP) is 2.85. The SMILES string of the molecule is CCN(CCNCCSc1ccccc1)C1CC1. The maximum absolute atomic E-state index is 3.54. The van der Waals surface area contributed by atoms with Crippen LogP contribution in [0.5, 0.6) is 0 Å². The van der Waals surface area contributed by atoms with E-state index in [-0.39, 0.29) is 0 Å². The van der Waals surface area contributed by atoms with Gasteiger partial charge in [-0.3, -0.25) is 4.90 Å². The molecule has 1 aromatic rings. The van der Waals surface area contributed by atoms with Crippen LogP contribution >= 0.6 is 11.8 Å². The lowest BCUT2D eigenvalue weighted by Gasteiger charge is -2.19. The topological polar surface area (TPSA) is 15.3 Å². The van der Waals surface area contributed by atoms with Gasteiger partial charge in [0.25, 0.3) is 0 Å². The van der Waals surface area contributed by atoms with Crippen molar-refractivity contribution in [3.05, 3.63) is 30.3 Å². The Balaban J connectivity index is 1.48. The Hall–Kier alpha value is -0.510. The Kier molecular flexibility index (Phi) is 6.05. The first-order chi connectivity index (χ1) is 8.90. The fourth-order valence-electron chi connectivity index (χ4n) is 2.14. The summed E-state index contributed by atoms with van der Waals surface area (Å²) in [5.41, 5.74) is 0. The van der Waals surface area contributed by atoms with Gasteiger partial charge in [0.2, 0.25) is 0 Å². The van der Waals surface area contributed by atoms with Crippen LogP contribution in [0.25, 0.3) is 0 Å². The van der Waals surface area contributed by atoms with Crippen LogP contribution in [0.3, 0.4) is 0 Å². The quantitative estimate of drug-likeness (QED) is 0.545. The van der Waals surface area contributed by atoms with Gasteiger partial charge in [-0.2, -0.15) is 0 Å². The van der Waals surface area contributed by atoms with E-state index in [0.717, 1.165) is 24.9 Å². The van der Waals surface area contributed by atoms with Gasteiger partial charge < -0.3 is 5.32 Å². The Labute approximate surface area is 115 Å². The molecule has 1 aliphatic rings. The van der Waals surface area contributed by atoms with Crippen molar-refractivity contribution < 1.29 is 0 Å². The molecule has 0 spiro atoms. The van der Waals surface area contributed by atoms with Crippen LogP contribution in [0.15, 0.2) is 35.2 Å². The van der Waals surface area contributed by atoms with Crippen LogP contribution in [0, 0.1) is 0 Å². The normalized spacial score (nSPS) is 15.2. The molecule has 2 nitrogen and oxygen atoms in total. The summed E-state index contributed by atoms with van der Waals surface area (Å²) in [4.78, 5) is 3.96. The largest absolute Gasteiger partial charge is 0.315 e. The summed E-state index contributed by atoms with van der Waals surface area (Å²) in [5.74, 6) is 1.15. The lowest BCUT2D eigenvalue weighted by molar-refractivity contribution is 0.278. The van der Waals surface area contributed by atoms with E-state index in [9.17, 15) is 0 Å². The highest BCUT2D eigenvalue weighted by Crippen LogP contribution is 2.25. The van der Waals surface area contributed by atoms with E-state index in [1.165, 1.54) is 30.8 Å². The van der Waals surface area contributed by atoms with Crippen molar-refractivity contribution in [2.45, 2.75) is 30.7 Å². The van der Waals surface area contributed by atoms with E-state index in [4.69, 9.17) is 0 Å². The summed E-state index contributed by atoms with van der Waals surface area (Å²) in [6.07, 6.45) is 2.83. The Bertz CT molecular complexity index is 325. The average Bonchev–Trinajstić information content (AvgIpc) is 3.24. The number of thioether (sulfide) groups is 1. The third kappa shape index (κ3) is 5.01. The van der Waals surface area contributed by atoms with Gasteiger partial charge in [-0.05, 0) is 31.5 Å². The molecule has 0 bridgehead atoms. The molecule has 1 saturated carbocycles. The van der Waals surface area contributed by atoms with Gasteiger partial charge in [0.15, 0.2) is 0 Å². The predicted molar refractivity (Wildman–Crippen MR) is 80.3 cm³/mol. The van der Waals surface area contributed by atoms with E-state index in [2.05, 4.69) is 47.5 Å². The van der Waals surface area contributed by atoms with E-state index in [1.807, 2.05) is 11.8 Å². The molecule has 1 aromatic carbocycles. The highest BCUT2D eigenvalue weighted by molar-refractivity contribution is 7.99. The Morgan fingerprint density at radius 1 is 1.22 bits per heavy atom. The number of benzene rings is 1. The van der Waals surface area contributed by atoms with Crippen molar-refractivity contribution >= 4 is 11.8 Å². The summed E-state index contributed by atoms with van der Waals surface area (Å²) in [6, 6.07) is 11.5. The molecule has 1 aliphatic carbocycles. The van der Waals surface area contributed by atoms with E-state index in [1.54, 1.807) is 0 Å². The summed E-state index contributed by atoms with van der Waals surface area (Å²) in [5, 5.41) is 3.54. The zero-order chi connectivity index (χ0) is 12.6. The zero-order valence-corrected chi connectivity index (χ0v) is 12.1. The standard InChI is InChI=1S/C15H24N2S/c1-2-17(14-8-9-14)12-10-16-11-13-18-15-6-4-3-5-7-15/h3-7,14,16H,2,8-13H2,1H3. The van der Waals surface area contributed by atoms with E-state index < -0.39 is 0 Å². The number of nitrogens with one attached hydrogen (secondary N) is 1. The Morgan fingerprint density at radius 2 is 2.00 bits per heavy atom. The maximum Gasteiger partial charge on any atom is 0.0110 e. The molecule has 1 N–H and O–H groups in total. The van der Waals surface area contributed by atoms with Crippen LogP contribution in [0.2, 0.25) is 0 Å². The molecule has 0 aliphatic heterocycles. The minimum Gasteiger partial charge on any atom is -0.315 e. The molecule has 1 fully saturated rings. The van der Waals surface area contributed by atoms with Gasteiger partial charge in [0, 0.05) is 36.3 Å². The first-order valence-electron chi connectivity index (χ1n) is 7.02. The summed E-state index contributed by atoms with van der Waals surface area (Å²) in [7, 11) is 0. The second-order valence-electron chi connectivity index (χ2n) is 4.77. The van der Waals surface area contributed by atoms with Crippen molar-refractivity contribution in [2.24, 2.45) is 0 Å². The number of rotatable bonds is 9. The molecule has 0 atom stereocenters. The van der Waals surface area contributed by atoms with Crippen molar-refractivity contribution in [3.8, 4) is 0 Å². The molecular formula is C15H24N2S. The molecule has 0 heterocycles. The van der Waals surface area contributed by atoms with Gasteiger partial charge in [-0.15, -0.1) is 11.8 Å². The summed E-state index contributed by atoms with van der Waals surface area (Å²) >= 11 is 1.93. The molecule has 0 saturated heterocycles. The second-order valence-corrected chi connectivity index (χ2v) is 5.94. The first kappa shape index (κ1) is 13.9. The van der Waals surface area contributed by atoms with Crippen LogP contribution < -0.4 is 5.32 Å². The smallest absolute Gasteiger partial charge is 0.0110 e. The Morgan fingerprint density at radius 3 is 2.67 bits per heavy atom. The minimum atomic E-state index is 0.899.